The van der Waals surface area contributed by atoms with Crippen molar-refractivity contribution in [3.8, 4) is 11.5 Å². The van der Waals surface area contributed by atoms with Gasteiger partial charge in [0, 0.05) is 9.77 Å². The van der Waals surface area contributed by atoms with Gasteiger partial charge >= 0.3 is 6.01 Å². The lowest BCUT2D eigenvalue weighted by atomic mass is 10.2. The fraction of sp³-hybridized carbons (Fsp3) is 0. The molecule has 22 heavy (non-hydrogen) atoms. The average molecular weight is 413 g/mol. The van der Waals surface area contributed by atoms with Gasteiger partial charge in [-0.3, -0.25) is 4.79 Å². The van der Waals surface area contributed by atoms with Crippen LogP contribution in [0.25, 0.3) is 11.5 Å². The number of nitrogens with two attached hydrogens (primary N) is 1. The quantitative estimate of drug-likeness (QED) is 0.570. The van der Waals surface area contributed by atoms with E-state index in [0.29, 0.717) is 5.56 Å². The van der Waals surface area contributed by atoms with Crippen molar-refractivity contribution in [3.63, 3.8) is 0 Å². The van der Waals surface area contributed by atoms with Gasteiger partial charge in [-0.2, -0.15) is 0 Å². The van der Waals surface area contributed by atoms with Crippen LogP contribution in [0.1, 0.15) is 0 Å². The summed E-state index contributed by atoms with van der Waals surface area (Å²) in [6.07, 6.45) is 1.42. The molecule has 0 amide bonds. The lowest BCUT2D eigenvalue weighted by Crippen LogP contribution is -2.13. The minimum Gasteiger partial charge on any atom is -0.403 e. The van der Waals surface area contributed by atoms with Crippen LogP contribution in [-0.4, -0.2) is 15.2 Å². The number of nitrogen functional groups attached to an aromatic ring is 1. The molecule has 0 aliphatic carbocycles. The monoisotopic (exact) mass is 413 g/mol. The maximum atomic E-state index is 14.0. The van der Waals surface area contributed by atoms with E-state index in [4.69, 9.17) is 10.2 Å². The van der Waals surface area contributed by atoms with E-state index in [1.807, 2.05) is 22.6 Å². The minimum atomic E-state index is -0.480. The first-order valence-electron chi connectivity index (χ1n) is 6.07. The van der Waals surface area contributed by atoms with Crippen LogP contribution < -0.4 is 16.6 Å². The van der Waals surface area contributed by atoms with Crippen LogP contribution in [0.15, 0.2) is 39.7 Å². The smallest absolute Gasteiger partial charge is 0.313 e. The van der Waals surface area contributed by atoms with Crippen LogP contribution in [0.5, 0.6) is 0 Å². The van der Waals surface area contributed by atoms with Gasteiger partial charge < -0.3 is 20.5 Å². The molecule has 0 aliphatic rings. The van der Waals surface area contributed by atoms with Crippen molar-refractivity contribution >= 4 is 40.0 Å². The molecule has 2 aromatic heterocycles. The van der Waals surface area contributed by atoms with Gasteiger partial charge in [0.2, 0.25) is 0 Å². The highest BCUT2D eigenvalue weighted by atomic mass is 127. The molecule has 3 rings (SSSR count). The Balaban J connectivity index is 2.08. The van der Waals surface area contributed by atoms with Crippen molar-refractivity contribution in [2.24, 2.45) is 0 Å². The molecular weight excluding hydrogens is 404 g/mol. The van der Waals surface area contributed by atoms with Crippen LogP contribution in [-0.2, 0) is 0 Å². The third-order valence-corrected chi connectivity index (χ3v) is 3.49. The zero-order chi connectivity index (χ0) is 15.7. The molecule has 0 fully saturated rings. The van der Waals surface area contributed by atoms with Gasteiger partial charge in [0.25, 0.3) is 11.4 Å². The number of pyridine rings is 1. The van der Waals surface area contributed by atoms with E-state index in [1.54, 1.807) is 12.1 Å². The predicted octanol–water partition coefficient (Wildman–Crippen LogP) is 2.49. The average Bonchev–Trinajstić information content (AvgIpc) is 2.90. The molecule has 0 radical (unpaired) electrons. The number of H-pyrrole nitrogens is 1. The molecule has 7 nitrogen and oxygen atoms in total. The molecule has 4 N–H and O–H groups in total. The van der Waals surface area contributed by atoms with E-state index in [0.717, 1.165) is 3.57 Å². The number of halogens is 2. The highest BCUT2D eigenvalue weighted by molar-refractivity contribution is 14.1. The largest absolute Gasteiger partial charge is 0.403 e. The molecule has 3 aromatic rings. The van der Waals surface area contributed by atoms with Crippen LogP contribution in [0, 0.1) is 9.39 Å². The lowest BCUT2D eigenvalue weighted by molar-refractivity contribution is 0.590. The molecule has 0 atom stereocenters. The van der Waals surface area contributed by atoms with Crippen molar-refractivity contribution in [2.75, 3.05) is 11.1 Å². The van der Waals surface area contributed by atoms with Crippen molar-refractivity contribution < 1.29 is 8.81 Å². The summed E-state index contributed by atoms with van der Waals surface area (Å²) in [6.45, 7) is 0. The highest BCUT2D eigenvalue weighted by Crippen LogP contribution is 2.28. The first-order valence-corrected chi connectivity index (χ1v) is 7.15. The Morgan fingerprint density at radius 1 is 1.32 bits per heavy atom. The summed E-state index contributed by atoms with van der Waals surface area (Å²) in [6, 6.07) is 6.04. The number of hydrogen-bond donors (Lipinski definition) is 3. The Labute approximate surface area is 136 Å². The number of hydrogen-bond acceptors (Lipinski definition) is 6. The van der Waals surface area contributed by atoms with E-state index in [1.165, 1.54) is 18.3 Å². The summed E-state index contributed by atoms with van der Waals surface area (Å²) in [4.78, 5) is 14.5. The van der Waals surface area contributed by atoms with E-state index >= 15 is 0 Å². The predicted molar refractivity (Wildman–Crippen MR) is 87.2 cm³/mol. The number of nitrogens with zero attached hydrogens (tertiary/aromatic N) is 2. The maximum absolute atomic E-state index is 14.0. The lowest BCUT2D eigenvalue weighted by Gasteiger charge is -2.09. The van der Waals surface area contributed by atoms with Crippen LogP contribution in [0.2, 0.25) is 0 Å². The number of aromatic nitrogens is 3. The Hall–Kier alpha value is -2.43. The minimum absolute atomic E-state index is 0.0667. The number of rotatable bonds is 3. The Morgan fingerprint density at radius 2 is 2.14 bits per heavy atom. The Morgan fingerprint density at radius 3 is 2.82 bits per heavy atom. The second-order valence-electron chi connectivity index (χ2n) is 4.29. The highest BCUT2D eigenvalue weighted by Gasteiger charge is 2.16. The van der Waals surface area contributed by atoms with Gasteiger partial charge in [0.1, 0.15) is 11.5 Å². The van der Waals surface area contributed by atoms with E-state index in [2.05, 4.69) is 20.5 Å². The molecule has 112 valence electrons. The summed E-state index contributed by atoms with van der Waals surface area (Å²) in [5, 5.41) is 10.0. The van der Waals surface area contributed by atoms with Crippen LogP contribution in [0.3, 0.4) is 0 Å². The van der Waals surface area contributed by atoms with Crippen molar-refractivity contribution in [2.45, 2.75) is 0 Å². The maximum Gasteiger partial charge on any atom is 0.313 e. The van der Waals surface area contributed by atoms with E-state index in [-0.39, 0.29) is 23.3 Å². The first-order chi connectivity index (χ1) is 10.5. The van der Waals surface area contributed by atoms with Gasteiger partial charge in [-0.05, 0) is 46.9 Å². The summed E-state index contributed by atoms with van der Waals surface area (Å²) in [7, 11) is 0. The topological polar surface area (TPSA) is 110 Å². The molecule has 1 aromatic carbocycles. The third kappa shape index (κ3) is 2.79. The molecule has 0 saturated carbocycles. The zero-order valence-corrected chi connectivity index (χ0v) is 13.1. The summed E-state index contributed by atoms with van der Waals surface area (Å²) >= 11 is 2.00. The van der Waals surface area contributed by atoms with Crippen LogP contribution in [0.4, 0.5) is 21.8 Å². The van der Waals surface area contributed by atoms with Crippen molar-refractivity contribution in [3.05, 3.63) is 50.2 Å². The second kappa shape index (κ2) is 5.75. The molecule has 0 aliphatic heterocycles. The van der Waals surface area contributed by atoms with Crippen molar-refractivity contribution in [1.82, 2.24) is 15.2 Å². The van der Waals surface area contributed by atoms with Gasteiger partial charge in [-0.15, -0.1) is 5.10 Å². The molecule has 9 heteroatoms. The molecule has 0 saturated heterocycles. The number of benzene rings is 1. The zero-order valence-electron chi connectivity index (χ0n) is 10.9. The Bertz CT molecular complexity index is 892. The number of aromatic amines is 1. The standard InChI is InChI=1S/C13H9FIN5O2/c14-8-5-6(15)1-2-9(8)18-10-7(3-4-17-11(10)21)12-19-20-13(16)22-12/h1-5,18H,(H2,16,20)(H,17,21). The summed E-state index contributed by atoms with van der Waals surface area (Å²) in [5.41, 5.74) is 5.51. The van der Waals surface area contributed by atoms with Gasteiger partial charge in [0.15, 0.2) is 0 Å². The molecule has 2 heterocycles. The third-order valence-electron chi connectivity index (χ3n) is 2.82. The fourth-order valence-electron chi connectivity index (χ4n) is 1.85. The fourth-order valence-corrected chi connectivity index (χ4v) is 2.30. The second-order valence-corrected chi connectivity index (χ2v) is 5.54. The van der Waals surface area contributed by atoms with Gasteiger partial charge in [0.05, 0.1) is 11.3 Å². The molecule has 0 bridgehead atoms. The number of anilines is 3. The summed E-state index contributed by atoms with van der Waals surface area (Å²) < 4.78 is 19.8. The molecule has 0 spiro atoms. The van der Waals surface area contributed by atoms with Gasteiger partial charge in [-0.1, -0.05) is 5.10 Å². The summed E-state index contributed by atoms with van der Waals surface area (Å²) in [5.74, 6) is -0.414. The molecular formula is C13H9FIN5O2. The van der Waals surface area contributed by atoms with Crippen molar-refractivity contribution in [1.29, 1.82) is 0 Å². The SMILES string of the molecule is Nc1nnc(-c2cc[nH]c(=O)c2Nc2ccc(I)cc2F)o1. The molecule has 0 unspecified atom stereocenters. The van der Waals surface area contributed by atoms with E-state index < -0.39 is 11.4 Å². The van der Waals surface area contributed by atoms with Gasteiger partial charge in [-0.25, -0.2) is 4.39 Å². The normalized spacial score (nSPS) is 10.6. The first kappa shape index (κ1) is 14.5. The van der Waals surface area contributed by atoms with Crippen LogP contribution >= 0.6 is 22.6 Å². The van der Waals surface area contributed by atoms with E-state index in [9.17, 15) is 9.18 Å². The Kier molecular flexibility index (Phi) is 3.79. The number of nitrogens with one attached hydrogen (secondary N) is 2.